The summed E-state index contributed by atoms with van der Waals surface area (Å²) in [7, 11) is 0. The highest BCUT2D eigenvalue weighted by Gasteiger charge is 2.62. The number of amides is 2. The van der Waals surface area contributed by atoms with Crippen molar-refractivity contribution < 1.29 is 14.3 Å². The Morgan fingerprint density at radius 3 is 2.36 bits per heavy atom. The summed E-state index contributed by atoms with van der Waals surface area (Å²) in [6.45, 7) is 0.588. The standard InChI is InChI=1S/C18H16BrN3O3/c19-11-3-1-10(2-4-11)8-21-9-12(7-20-21)22-17(23)15-13-5-6-14(25-13)16(15)18(22)24/h1-4,7,9,13-16H,5-6,8H2. The second kappa shape index (κ2) is 5.51. The quantitative estimate of drug-likeness (QED) is 0.740. The van der Waals surface area contributed by atoms with E-state index < -0.39 is 0 Å². The van der Waals surface area contributed by atoms with Crippen molar-refractivity contribution in [3.63, 3.8) is 0 Å². The minimum atomic E-state index is -0.305. The molecular formula is C18H16BrN3O3. The van der Waals surface area contributed by atoms with Crippen molar-refractivity contribution in [2.24, 2.45) is 11.8 Å². The number of ether oxygens (including phenoxy) is 1. The van der Waals surface area contributed by atoms with Crippen molar-refractivity contribution in [2.75, 3.05) is 4.90 Å². The number of carbonyl (C=O) groups excluding carboxylic acids is 2. The number of benzene rings is 1. The molecule has 2 bridgehead atoms. The number of halogens is 1. The van der Waals surface area contributed by atoms with E-state index in [0.717, 1.165) is 22.9 Å². The Hall–Kier alpha value is -1.99. The van der Waals surface area contributed by atoms with E-state index in [9.17, 15) is 9.59 Å². The van der Waals surface area contributed by atoms with Gasteiger partial charge in [0.05, 0.1) is 42.5 Å². The van der Waals surface area contributed by atoms with Crippen LogP contribution in [0.25, 0.3) is 0 Å². The lowest BCUT2D eigenvalue weighted by molar-refractivity contribution is -0.124. The van der Waals surface area contributed by atoms with E-state index in [0.29, 0.717) is 12.2 Å². The van der Waals surface area contributed by atoms with Crippen LogP contribution in [0.15, 0.2) is 41.1 Å². The minimum absolute atomic E-state index is 0.0886. The van der Waals surface area contributed by atoms with Crippen LogP contribution in [0, 0.1) is 11.8 Å². The Balaban J connectivity index is 1.39. The normalized spacial score (nSPS) is 30.4. The van der Waals surface area contributed by atoms with Gasteiger partial charge in [-0.15, -0.1) is 0 Å². The third kappa shape index (κ3) is 2.29. The summed E-state index contributed by atoms with van der Waals surface area (Å²) in [6.07, 6.45) is 4.94. The van der Waals surface area contributed by atoms with Crippen molar-refractivity contribution >= 4 is 33.4 Å². The highest BCUT2D eigenvalue weighted by molar-refractivity contribution is 9.10. The molecule has 2 aromatic rings. The van der Waals surface area contributed by atoms with Crippen molar-refractivity contribution in [3.05, 3.63) is 46.7 Å². The molecule has 7 heteroatoms. The van der Waals surface area contributed by atoms with Crippen molar-refractivity contribution in [1.29, 1.82) is 0 Å². The average molecular weight is 402 g/mol. The second-order valence-electron chi connectivity index (χ2n) is 6.88. The van der Waals surface area contributed by atoms with E-state index in [4.69, 9.17) is 4.74 Å². The summed E-state index contributed by atoms with van der Waals surface area (Å²) < 4.78 is 8.54. The van der Waals surface area contributed by atoms with E-state index in [2.05, 4.69) is 21.0 Å². The van der Waals surface area contributed by atoms with Gasteiger partial charge in [-0.25, -0.2) is 4.90 Å². The fourth-order valence-corrected chi connectivity index (χ4v) is 4.56. The molecule has 3 fully saturated rings. The van der Waals surface area contributed by atoms with Gasteiger partial charge in [0.2, 0.25) is 11.8 Å². The van der Waals surface area contributed by atoms with Crippen LogP contribution in [0.1, 0.15) is 18.4 Å². The molecule has 2 amide bonds. The summed E-state index contributed by atoms with van der Waals surface area (Å²) in [5, 5.41) is 4.32. The predicted molar refractivity (Wildman–Crippen MR) is 92.8 cm³/mol. The molecule has 4 unspecified atom stereocenters. The monoisotopic (exact) mass is 401 g/mol. The topological polar surface area (TPSA) is 64.4 Å². The first-order valence-electron chi connectivity index (χ1n) is 8.42. The molecular weight excluding hydrogens is 386 g/mol. The van der Waals surface area contributed by atoms with Gasteiger partial charge in [0.15, 0.2) is 0 Å². The molecule has 0 aliphatic carbocycles. The molecule has 3 saturated heterocycles. The Morgan fingerprint density at radius 1 is 1.08 bits per heavy atom. The molecule has 5 rings (SSSR count). The Kier molecular flexibility index (Phi) is 3.36. The van der Waals surface area contributed by atoms with Gasteiger partial charge in [-0.2, -0.15) is 5.10 Å². The fraction of sp³-hybridized carbons (Fsp3) is 0.389. The zero-order chi connectivity index (χ0) is 17.1. The molecule has 1 aromatic heterocycles. The van der Waals surface area contributed by atoms with Crippen LogP contribution < -0.4 is 4.90 Å². The Labute approximate surface area is 152 Å². The van der Waals surface area contributed by atoms with Crippen molar-refractivity contribution in [2.45, 2.75) is 31.6 Å². The summed E-state index contributed by atoms with van der Waals surface area (Å²) >= 11 is 3.42. The van der Waals surface area contributed by atoms with Gasteiger partial charge in [0, 0.05) is 10.7 Å². The van der Waals surface area contributed by atoms with Gasteiger partial charge in [0.25, 0.3) is 0 Å². The van der Waals surface area contributed by atoms with Gasteiger partial charge in [-0.3, -0.25) is 14.3 Å². The van der Waals surface area contributed by atoms with Crippen LogP contribution in [0.2, 0.25) is 0 Å². The fourth-order valence-electron chi connectivity index (χ4n) is 4.30. The minimum Gasteiger partial charge on any atom is -0.373 e. The Bertz CT molecular complexity index is 835. The largest absolute Gasteiger partial charge is 0.373 e. The smallest absolute Gasteiger partial charge is 0.240 e. The zero-order valence-corrected chi connectivity index (χ0v) is 14.9. The number of hydrogen-bond donors (Lipinski definition) is 0. The van der Waals surface area contributed by atoms with Crippen LogP contribution in [-0.2, 0) is 20.9 Å². The number of fused-ring (bicyclic) bond motifs is 5. The summed E-state index contributed by atoms with van der Waals surface area (Å²) in [4.78, 5) is 26.9. The molecule has 1 aromatic carbocycles. The first-order chi connectivity index (χ1) is 12.1. The molecule has 128 valence electrons. The number of hydrogen-bond acceptors (Lipinski definition) is 4. The van der Waals surface area contributed by atoms with Gasteiger partial charge < -0.3 is 4.74 Å². The van der Waals surface area contributed by atoms with Crippen LogP contribution in [0.4, 0.5) is 5.69 Å². The summed E-state index contributed by atoms with van der Waals surface area (Å²) in [5.74, 6) is -0.877. The number of rotatable bonds is 3. The molecule has 0 N–H and O–H groups in total. The summed E-state index contributed by atoms with van der Waals surface area (Å²) in [6, 6.07) is 7.97. The van der Waals surface area contributed by atoms with Gasteiger partial charge in [0.1, 0.15) is 0 Å². The number of carbonyl (C=O) groups is 2. The van der Waals surface area contributed by atoms with Crippen LogP contribution in [0.5, 0.6) is 0 Å². The van der Waals surface area contributed by atoms with Crippen LogP contribution >= 0.6 is 15.9 Å². The number of nitrogens with zero attached hydrogens (tertiary/aromatic N) is 3. The molecule has 0 saturated carbocycles. The second-order valence-corrected chi connectivity index (χ2v) is 7.79. The number of anilines is 1. The molecule has 3 aliphatic rings. The van der Waals surface area contributed by atoms with Gasteiger partial charge in [-0.1, -0.05) is 28.1 Å². The van der Waals surface area contributed by atoms with E-state index in [-0.39, 0.29) is 35.9 Å². The first-order valence-corrected chi connectivity index (χ1v) is 9.21. The van der Waals surface area contributed by atoms with E-state index in [1.165, 1.54) is 4.90 Å². The van der Waals surface area contributed by atoms with Crippen LogP contribution in [0.3, 0.4) is 0 Å². The lowest BCUT2D eigenvalue weighted by Crippen LogP contribution is -2.33. The molecule has 25 heavy (non-hydrogen) atoms. The zero-order valence-electron chi connectivity index (χ0n) is 13.3. The maximum Gasteiger partial charge on any atom is 0.240 e. The third-order valence-corrected chi connectivity index (χ3v) is 5.95. The predicted octanol–water partition coefficient (Wildman–Crippen LogP) is 2.36. The number of imide groups is 1. The van der Waals surface area contributed by atoms with Crippen molar-refractivity contribution in [1.82, 2.24) is 9.78 Å². The van der Waals surface area contributed by atoms with E-state index >= 15 is 0 Å². The van der Waals surface area contributed by atoms with E-state index in [1.807, 2.05) is 24.3 Å². The van der Waals surface area contributed by atoms with Crippen molar-refractivity contribution in [3.8, 4) is 0 Å². The molecule has 4 heterocycles. The summed E-state index contributed by atoms with van der Waals surface area (Å²) in [5.41, 5.74) is 1.65. The third-order valence-electron chi connectivity index (χ3n) is 5.42. The number of aromatic nitrogens is 2. The van der Waals surface area contributed by atoms with E-state index in [1.54, 1.807) is 17.1 Å². The molecule has 6 nitrogen and oxygen atoms in total. The highest BCUT2D eigenvalue weighted by Crippen LogP contribution is 2.49. The maximum atomic E-state index is 12.8. The lowest BCUT2D eigenvalue weighted by atomic mass is 9.81. The molecule has 3 aliphatic heterocycles. The maximum absolute atomic E-state index is 12.8. The molecule has 0 radical (unpaired) electrons. The molecule has 0 spiro atoms. The van der Waals surface area contributed by atoms with Gasteiger partial charge >= 0.3 is 0 Å². The lowest BCUT2D eigenvalue weighted by Gasteiger charge is -2.15. The molecule has 4 atom stereocenters. The van der Waals surface area contributed by atoms with Gasteiger partial charge in [-0.05, 0) is 30.5 Å². The Morgan fingerprint density at radius 2 is 1.72 bits per heavy atom. The SMILES string of the molecule is O=C1C2C3CCC(O3)C2C(=O)N1c1cnn(Cc2ccc(Br)cc2)c1. The highest BCUT2D eigenvalue weighted by atomic mass is 79.9. The average Bonchev–Trinajstić information content (AvgIpc) is 3.35. The van der Waals surface area contributed by atoms with Crippen LogP contribution in [-0.4, -0.2) is 33.8 Å². The first kappa shape index (κ1) is 15.3.